The highest BCUT2D eigenvalue weighted by atomic mass is 35.5. The van der Waals surface area contributed by atoms with E-state index in [9.17, 15) is 9.59 Å². The van der Waals surface area contributed by atoms with Crippen molar-refractivity contribution < 1.29 is 19.1 Å². The molecule has 2 aromatic rings. The molecule has 0 aromatic heterocycles. The molecule has 2 N–H and O–H groups in total. The van der Waals surface area contributed by atoms with Crippen molar-refractivity contribution >= 4 is 34.8 Å². The fraction of sp³-hybridized carbons (Fsp3) is 0.176. The number of ether oxygens (including phenoxy) is 2. The number of carbonyl (C=O) groups excluding carboxylic acids is 2. The van der Waals surface area contributed by atoms with Crippen molar-refractivity contribution in [3.63, 3.8) is 0 Å². The number of nitrogens with one attached hydrogen (secondary N) is 2. The second kappa shape index (κ2) is 7.70. The van der Waals surface area contributed by atoms with Crippen molar-refractivity contribution in [2.45, 2.75) is 6.92 Å². The zero-order chi connectivity index (χ0) is 17.7. The number of anilines is 2. The van der Waals surface area contributed by atoms with Crippen molar-refractivity contribution in [3.05, 3.63) is 47.0 Å². The van der Waals surface area contributed by atoms with Crippen molar-refractivity contribution in [1.29, 1.82) is 0 Å². The molecule has 0 bridgehead atoms. The van der Waals surface area contributed by atoms with E-state index < -0.39 is 5.91 Å². The van der Waals surface area contributed by atoms with Crippen LogP contribution in [0.3, 0.4) is 0 Å². The Morgan fingerprint density at radius 3 is 2.25 bits per heavy atom. The Hall–Kier alpha value is -2.73. The summed E-state index contributed by atoms with van der Waals surface area (Å²) in [7, 11) is 2.95. The Morgan fingerprint density at radius 1 is 0.958 bits per heavy atom. The molecule has 2 aromatic carbocycles. The van der Waals surface area contributed by atoms with E-state index in [1.807, 2.05) is 0 Å². The van der Waals surface area contributed by atoms with Crippen molar-refractivity contribution in [3.8, 4) is 11.5 Å². The van der Waals surface area contributed by atoms with Crippen molar-refractivity contribution in [1.82, 2.24) is 0 Å². The Bertz CT molecular complexity index is 777. The van der Waals surface area contributed by atoms with E-state index in [-0.39, 0.29) is 5.91 Å². The quantitative estimate of drug-likeness (QED) is 0.866. The number of hydrogen-bond donors (Lipinski definition) is 2. The van der Waals surface area contributed by atoms with E-state index in [1.54, 1.807) is 36.4 Å². The van der Waals surface area contributed by atoms with E-state index in [4.69, 9.17) is 21.1 Å². The van der Waals surface area contributed by atoms with Crippen LogP contribution in [0.1, 0.15) is 17.3 Å². The van der Waals surface area contributed by atoms with Crippen molar-refractivity contribution in [2.24, 2.45) is 0 Å². The minimum atomic E-state index is -0.401. The normalized spacial score (nSPS) is 10.0. The number of carbonyl (C=O) groups is 2. The molecule has 2 rings (SSSR count). The first-order chi connectivity index (χ1) is 11.5. The molecule has 2 amide bonds. The zero-order valence-electron chi connectivity index (χ0n) is 13.5. The summed E-state index contributed by atoms with van der Waals surface area (Å²) in [6, 6.07) is 9.82. The predicted octanol–water partition coefficient (Wildman–Crippen LogP) is 3.57. The highest BCUT2D eigenvalue weighted by Gasteiger charge is 2.16. The third kappa shape index (κ3) is 3.97. The lowest BCUT2D eigenvalue weighted by atomic mass is 10.1. The van der Waals surface area contributed by atoms with E-state index in [2.05, 4.69) is 10.6 Å². The zero-order valence-corrected chi connectivity index (χ0v) is 14.2. The van der Waals surface area contributed by atoms with Gasteiger partial charge in [-0.15, -0.1) is 0 Å². The molecule has 0 radical (unpaired) electrons. The van der Waals surface area contributed by atoms with Gasteiger partial charge in [0.25, 0.3) is 5.91 Å². The molecule has 24 heavy (non-hydrogen) atoms. The van der Waals surface area contributed by atoms with E-state index >= 15 is 0 Å². The Kier molecular flexibility index (Phi) is 5.65. The molecule has 6 nitrogen and oxygen atoms in total. The molecule has 0 unspecified atom stereocenters. The third-order valence-corrected chi connectivity index (χ3v) is 3.50. The maximum absolute atomic E-state index is 12.6. The maximum Gasteiger partial charge on any atom is 0.257 e. The summed E-state index contributed by atoms with van der Waals surface area (Å²) in [5.74, 6) is 0.136. The standard InChI is InChI=1S/C17H17ClN2O4/c1-10(21)19-13-7-5-4-6-11(13)17(22)20-14-9-15(23-2)12(18)8-16(14)24-3/h4-9H,1-3H3,(H,19,21)(H,20,22). The van der Waals surface area contributed by atoms with Gasteiger partial charge in [-0.05, 0) is 12.1 Å². The van der Waals surface area contributed by atoms with Gasteiger partial charge in [0.15, 0.2) is 0 Å². The smallest absolute Gasteiger partial charge is 0.257 e. The molecule has 0 spiro atoms. The third-order valence-electron chi connectivity index (χ3n) is 3.20. The van der Waals surface area contributed by atoms with Gasteiger partial charge >= 0.3 is 0 Å². The fourth-order valence-corrected chi connectivity index (χ4v) is 2.36. The summed E-state index contributed by atoms with van der Waals surface area (Å²) in [6.07, 6.45) is 0. The van der Waals surface area contributed by atoms with Crippen LogP contribution in [0.15, 0.2) is 36.4 Å². The summed E-state index contributed by atoms with van der Waals surface area (Å²) in [5.41, 5.74) is 1.15. The van der Waals surface area contributed by atoms with Gasteiger partial charge in [-0.3, -0.25) is 9.59 Å². The van der Waals surface area contributed by atoms with Crippen LogP contribution in [0.5, 0.6) is 11.5 Å². The minimum Gasteiger partial charge on any atom is -0.495 e. The number of hydrogen-bond acceptors (Lipinski definition) is 4. The summed E-state index contributed by atoms with van der Waals surface area (Å²) in [6.45, 7) is 1.38. The van der Waals surface area contributed by atoms with Crippen LogP contribution in [0.25, 0.3) is 0 Å². The Balaban J connectivity index is 2.35. The van der Waals surface area contributed by atoms with Gasteiger partial charge in [-0.1, -0.05) is 23.7 Å². The number of methoxy groups -OCH3 is 2. The average Bonchev–Trinajstić information content (AvgIpc) is 2.55. The number of benzene rings is 2. The SMILES string of the molecule is COc1cc(NC(=O)c2ccccc2NC(C)=O)c(OC)cc1Cl. The van der Waals surface area contributed by atoms with E-state index in [0.29, 0.717) is 33.5 Å². The molecule has 0 aliphatic rings. The van der Waals surface area contributed by atoms with Gasteiger partial charge in [0, 0.05) is 19.1 Å². The van der Waals surface area contributed by atoms with Gasteiger partial charge in [-0.25, -0.2) is 0 Å². The number of para-hydroxylation sites is 1. The van der Waals surface area contributed by atoms with Gasteiger partial charge in [0.1, 0.15) is 11.5 Å². The molecule has 0 aliphatic carbocycles. The molecule has 0 atom stereocenters. The average molecular weight is 349 g/mol. The Morgan fingerprint density at radius 2 is 1.62 bits per heavy atom. The minimum absolute atomic E-state index is 0.263. The van der Waals surface area contributed by atoms with Crippen LogP contribution in [0, 0.1) is 0 Å². The molecule has 126 valence electrons. The van der Waals surface area contributed by atoms with Crippen LogP contribution < -0.4 is 20.1 Å². The molecular weight excluding hydrogens is 332 g/mol. The van der Waals surface area contributed by atoms with Gasteiger partial charge in [0.2, 0.25) is 5.91 Å². The predicted molar refractivity (Wildman–Crippen MR) is 93.3 cm³/mol. The topological polar surface area (TPSA) is 76.7 Å². The maximum atomic E-state index is 12.6. The largest absolute Gasteiger partial charge is 0.495 e. The summed E-state index contributed by atoms with van der Waals surface area (Å²) >= 11 is 6.05. The first kappa shape index (κ1) is 17.6. The first-order valence-corrected chi connectivity index (χ1v) is 7.43. The first-order valence-electron chi connectivity index (χ1n) is 7.05. The number of halogens is 1. The number of amides is 2. The summed E-state index contributed by atoms with van der Waals surface area (Å²) in [5, 5.41) is 5.73. The van der Waals surface area contributed by atoms with E-state index in [1.165, 1.54) is 21.1 Å². The second-order valence-electron chi connectivity index (χ2n) is 4.87. The molecule has 0 saturated heterocycles. The highest BCUT2D eigenvalue weighted by molar-refractivity contribution is 6.32. The monoisotopic (exact) mass is 348 g/mol. The fourth-order valence-electron chi connectivity index (χ4n) is 2.13. The van der Waals surface area contributed by atoms with Crippen LogP contribution in [-0.2, 0) is 4.79 Å². The Labute approximate surface area is 144 Å². The summed E-state index contributed by atoms with van der Waals surface area (Å²) in [4.78, 5) is 23.9. The molecular formula is C17H17ClN2O4. The highest BCUT2D eigenvalue weighted by Crippen LogP contribution is 2.36. The molecule has 0 aliphatic heterocycles. The van der Waals surface area contributed by atoms with Crippen LogP contribution in [-0.4, -0.2) is 26.0 Å². The van der Waals surface area contributed by atoms with Gasteiger partial charge in [0.05, 0.1) is 36.2 Å². The van der Waals surface area contributed by atoms with Crippen LogP contribution >= 0.6 is 11.6 Å². The lowest BCUT2D eigenvalue weighted by Crippen LogP contribution is -2.17. The van der Waals surface area contributed by atoms with Gasteiger partial charge in [-0.2, -0.15) is 0 Å². The van der Waals surface area contributed by atoms with Gasteiger partial charge < -0.3 is 20.1 Å². The van der Waals surface area contributed by atoms with Crippen molar-refractivity contribution in [2.75, 3.05) is 24.9 Å². The molecule has 0 fully saturated rings. The summed E-state index contributed by atoms with van der Waals surface area (Å²) < 4.78 is 10.4. The second-order valence-corrected chi connectivity index (χ2v) is 5.28. The van der Waals surface area contributed by atoms with E-state index in [0.717, 1.165) is 0 Å². The lowest BCUT2D eigenvalue weighted by Gasteiger charge is -2.14. The molecule has 0 heterocycles. The number of rotatable bonds is 5. The molecule has 0 saturated carbocycles. The van der Waals surface area contributed by atoms with Crippen LogP contribution in [0.4, 0.5) is 11.4 Å². The lowest BCUT2D eigenvalue weighted by molar-refractivity contribution is -0.114. The van der Waals surface area contributed by atoms with Crippen LogP contribution in [0.2, 0.25) is 5.02 Å². The molecule has 7 heteroatoms.